The topological polar surface area (TPSA) is 68.4 Å². The van der Waals surface area contributed by atoms with Crippen LogP contribution < -0.4 is 4.74 Å². The first-order valence-corrected chi connectivity index (χ1v) is 5.45. The van der Waals surface area contributed by atoms with Gasteiger partial charge in [0.2, 0.25) is 5.89 Å². The van der Waals surface area contributed by atoms with Gasteiger partial charge in [0.1, 0.15) is 11.6 Å². The monoisotopic (exact) mass is 252 g/mol. The van der Waals surface area contributed by atoms with Crippen LogP contribution in [0.25, 0.3) is 0 Å². The summed E-state index contributed by atoms with van der Waals surface area (Å²) in [6.45, 7) is 3.28. The number of benzene rings is 1. The van der Waals surface area contributed by atoms with E-state index in [0.717, 1.165) is 0 Å². The van der Waals surface area contributed by atoms with Crippen LogP contribution >= 0.6 is 0 Å². The van der Waals surface area contributed by atoms with Crippen molar-refractivity contribution in [1.82, 2.24) is 10.2 Å². The maximum absolute atomic E-state index is 13.1. The van der Waals surface area contributed by atoms with Crippen molar-refractivity contribution in [2.75, 3.05) is 0 Å². The molecule has 6 heteroatoms. The van der Waals surface area contributed by atoms with Crippen LogP contribution in [-0.4, -0.2) is 15.3 Å². The summed E-state index contributed by atoms with van der Waals surface area (Å²) in [4.78, 5) is 0. The summed E-state index contributed by atoms with van der Waals surface area (Å²) in [5, 5.41) is 17.0. The molecule has 1 aromatic heterocycles. The molecular weight excluding hydrogens is 239 g/mol. The zero-order valence-corrected chi connectivity index (χ0v) is 10.1. The molecule has 0 saturated heterocycles. The van der Waals surface area contributed by atoms with E-state index in [1.807, 2.05) is 0 Å². The Bertz CT molecular complexity index is 540. The van der Waals surface area contributed by atoms with E-state index in [9.17, 15) is 9.50 Å². The van der Waals surface area contributed by atoms with Crippen LogP contribution in [0.5, 0.6) is 5.75 Å². The summed E-state index contributed by atoms with van der Waals surface area (Å²) in [6, 6.07) is 3.96. The van der Waals surface area contributed by atoms with E-state index >= 15 is 0 Å². The van der Waals surface area contributed by atoms with E-state index in [2.05, 4.69) is 10.2 Å². The second-order valence-corrected chi connectivity index (χ2v) is 3.86. The van der Waals surface area contributed by atoms with Gasteiger partial charge in [0.25, 0.3) is 5.89 Å². The molecular formula is C12H13FN2O3. The molecule has 1 heterocycles. The molecule has 2 rings (SSSR count). The first-order chi connectivity index (χ1) is 8.56. The highest BCUT2D eigenvalue weighted by atomic mass is 19.1. The molecule has 0 aliphatic carbocycles. The number of hydrogen-bond acceptors (Lipinski definition) is 5. The van der Waals surface area contributed by atoms with Gasteiger partial charge in [-0.15, -0.1) is 10.2 Å². The second kappa shape index (κ2) is 5.14. The summed E-state index contributed by atoms with van der Waals surface area (Å²) in [5.41, 5.74) is 0.507. The van der Waals surface area contributed by atoms with Crippen molar-refractivity contribution in [1.29, 1.82) is 0 Å². The Kier molecular flexibility index (Phi) is 3.57. The van der Waals surface area contributed by atoms with Crippen molar-refractivity contribution in [2.45, 2.75) is 26.6 Å². The van der Waals surface area contributed by atoms with Crippen molar-refractivity contribution in [3.05, 3.63) is 41.4 Å². The fraction of sp³-hybridized carbons (Fsp3) is 0.333. The summed E-state index contributed by atoms with van der Waals surface area (Å²) in [7, 11) is 0. The van der Waals surface area contributed by atoms with Crippen LogP contribution in [0.1, 0.15) is 30.4 Å². The van der Waals surface area contributed by atoms with Gasteiger partial charge in [-0.2, -0.15) is 0 Å². The van der Waals surface area contributed by atoms with Crippen molar-refractivity contribution < 1.29 is 18.7 Å². The lowest BCUT2D eigenvalue weighted by Crippen LogP contribution is -2.02. The van der Waals surface area contributed by atoms with E-state index in [0.29, 0.717) is 17.3 Å². The highest BCUT2D eigenvalue weighted by Crippen LogP contribution is 2.26. The molecule has 0 amide bonds. The minimum Gasteiger partial charge on any atom is -0.483 e. The standard InChI is InChI=1S/C12H13FN2O3/c1-7(16)10-4-3-9(13)5-11(10)17-6-12-15-14-8(2)18-12/h3-5,7,16H,6H2,1-2H3/t7-/m0/s1. The van der Waals surface area contributed by atoms with Gasteiger partial charge in [-0.05, 0) is 19.1 Å². The fourth-order valence-corrected chi connectivity index (χ4v) is 1.51. The van der Waals surface area contributed by atoms with Gasteiger partial charge in [0, 0.05) is 18.6 Å². The van der Waals surface area contributed by atoms with Gasteiger partial charge in [0.15, 0.2) is 6.61 Å². The first kappa shape index (κ1) is 12.5. The van der Waals surface area contributed by atoms with Crippen molar-refractivity contribution in [2.24, 2.45) is 0 Å². The van der Waals surface area contributed by atoms with Gasteiger partial charge in [-0.1, -0.05) is 0 Å². The molecule has 18 heavy (non-hydrogen) atoms. The molecule has 0 fully saturated rings. The molecule has 0 spiro atoms. The smallest absolute Gasteiger partial charge is 0.253 e. The predicted octanol–water partition coefficient (Wildman–Crippen LogP) is 2.15. The Balaban J connectivity index is 2.15. The Hall–Kier alpha value is -1.95. The molecule has 0 bridgehead atoms. The Morgan fingerprint density at radius 1 is 1.44 bits per heavy atom. The third-order valence-corrected chi connectivity index (χ3v) is 2.34. The number of rotatable bonds is 4. The van der Waals surface area contributed by atoms with Crippen LogP contribution in [-0.2, 0) is 6.61 Å². The third kappa shape index (κ3) is 2.84. The lowest BCUT2D eigenvalue weighted by Gasteiger charge is -2.12. The largest absolute Gasteiger partial charge is 0.483 e. The van der Waals surface area contributed by atoms with Gasteiger partial charge >= 0.3 is 0 Å². The summed E-state index contributed by atoms with van der Waals surface area (Å²) < 4.78 is 23.6. The highest BCUT2D eigenvalue weighted by molar-refractivity contribution is 5.35. The van der Waals surface area contributed by atoms with Gasteiger partial charge in [-0.25, -0.2) is 4.39 Å². The Morgan fingerprint density at radius 3 is 2.83 bits per heavy atom. The molecule has 0 unspecified atom stereocenters. The zero-order valence-electron chi connectivity index (χ0n) is 10.1. The molecule has 2 aromatic rings. The van der Waals surface area contributed by atoms with Crippen molar-refractivity contribution in [3.63, 3.8) is 0 Å². The molecule has 0 aliphatic rings. The summed E-state index contributed by atoms with van der Waals surface area (Å²) in [5.74, 6) is 0.564. The van der Waals surface area contributed by atoms with Crippen LogP contribution in [0.4, 0.5) is 4.39 Å². The number of aliphatic hydroxyl groups excluding tert-OH is 1. The molecule has 0 saturated carbocycles. The highest BCUT2D eigenvalue weighted by Gasteiger charge is 2.12. The maximum atomic E-state index is 13.1. The van der Waals surface area contributed by atoms with Crippen LogP contribution in [0, 0.1) is 12.7 Å². The Morgan fingerprint density at radius 2 is 2.22 bits per heavy atom. The first-order valence-electron chi connectivity index (χ1n) is 5.45. The molecule has 1 aromatic carbocycles. The molecule has 96 valence electrons. The lowest BCUT2D eigenvalue weighted by molar-refractivity contribution is 0.186. The molecule has 5 nitrogen and oxygen atoms in total. The molecule has 0 aliphatic heterocycles. The van der Waals surface area contributed by atoms with E-state index in [-0.39, 0.29) is 12.4 Å². The number of hydrogen-bond donors (Lipinski definition) is 1. The van der Waals surface area contributed by atoms with Gasteiger partial charge in [0.05, 0.1) is 6.10 Å². The SMILES string of the molecule is Cc1nnc(COc2cc(F)ccc2[C@H](C)O)o1. The maximum Gasteiger partial charge on any atom is 0.253 e. The average molecular weight is 252 g/mol. The average Bonchev–Trinajstić information content (AvgIpc) is 2.72. The number of aromatic nitrogens is 2. The van der Waals surface area contributed by atoms with Crippen molar-refractivity contribution in [3.8, 4) is 5.75 Å². The summed E-state index contributed by atoms with van der Waals surface area (Å²) in [6.07, 6.45) is -0.745. The minimum absolute atomic E-state index is 0.0318. The number of aliphatic hydroxyl groups is 1. The number of halogens is 1. The lowest BCUT2D eigenvalue weighted by atomic mass is 10.1. The zero-order chi connectivity index (χ0) is 13.1. The second-order valence-electron chi connectivity index (χ2n) is 3.86. The van der Waals surface area contributed by atoms with Crippen molar-refractivity contribution >= 4 is 0 Å². The molecule has 1 N–H and O–H groups in total. The number of nitrogens with zero attached hydrogens (tertiary/aromatic N) is 2. The quantitative estimate of drug-likeness (QED) is 0.902. The summed E-state index contributed by atoms with van der Waals surface area (Å²) >= 11 is 0. The molecule has 1 atom stereocenters. The fourth-order valence-electron chi connectivity index (χ4n) is 1.51. The van der Waals surface area contributed by atoms with Crippen LogP contribution in [0.3, 0.4) is 0 Å². The van der Waals surface area contributed by atoms with Crippen LogP contribution in [0.15, 0.2) is 22.6 Å². The van der Waals surface area contributed by atoms with Gasteiger partial charge < -0.3 is 14.3 Å². The third-order valence-electron chi connectivity index (χ3n) is 2.34. The normalized spacial score (nSPS) is 12.4. The van der Waals surface area contributed by atoms with Gasteiger partial charge in [-0.3, -0.25) is 0 Å². The Labute approximate surface area is 103 Å². The minimum atomic E-state index is -0.745. The van der Waals surface area contributed by atoms with E-state index in [1.54, 1.807) is 13.8 Å². The van der Waals surface area contributed by atoms with Crippen LogP contribution in [0.2, 0.25) is 0 Å². The predicted molar refractivity (Wildman–Crippen MR) is 60.4 cm³/mol. The number of ether oxygens (including phenoxy) is 1. The van der Waals surface area contributed by atoms with E-state index in [4.69, 9.17) is 9.15 Å². The molecule has 0 radical (unpaired) electrons. The van der Waals surface area contributed by atoms with E-state index < -0.39 is 11.9 Å². The number of aryl methyl sites for hydroxylation is 1. The van der Waals surface area contributed by atoms with E-state index in [1.165, 1.54) is 18.2 Å².